The van der Waals surface area contributed by atoms with Gasteiger partial charge >= 0.3 is 0 Å². The molecule has 1 aromatic heterocycles. The number of hydrogen-bond donors (Lipinski definition) is 2. The van der Waals surface area contributed by atoms with Crippen LogP contribution in [0.1, 0.15) is 35.7 Å². The minimum Gasteiger partial charge on any atom is -0.356 e. The first-order chi connectivity index (χ1) is 14.5. The van der Waals surface area contributed by atoms with Gasteiger partial charge in [-0.2, -0.15) is 5.10 Å². The van der Waals surface area contributed by atoms with Crippen LogP contribution >= 0.6 is 11.6 Å². The van der Waals surface area contributed by atoms with Gasteiger partial charge in [-0.1, -0.05) is 35.9 Å². The number of carbonyl (C=O) groups is 2. The summed E-state index contributed by atoms with van der Waals surface area (Å²) in [6, 6.07) is 11.7. The summed E-state index contributed by atoms with van der Waals surface area (Å²) in [6.07, 6.45) is 1.06. The van der Waals surface area contributed by atoms with Crippen LogP contribution in [0.15, 0.2) is 47.6 Å². The Kier molecular flexibility index (Phi) is 4.55. The van der Waals surface area contributed by atoms with Crippen molar-refractivity contribution in [2.24, 2.45) is 5.10 Å². The Labute approximate surface area is 176 Å². The number of hydrogen-bond acceptors (Lipinski definition) is 3. The molecule has 0 spiro atoms. The third-order valence-electron chi connectivity index (χ3n) is 5.72. The smallest absolute Gasteiger partial charge is 0.270 e. The molecule has 0 fully saturated rings. The van der Waals surface area contributed by atoms with Crippen molar-refractivity contribution in [1.29, 1.82) is 0 Å². The predicted octanol–water partition coefficient (Wildman–Crippen LogP) is 3.70. The van der Waals surface area contributed by atoms with Gasteiger partial charge in [0.05, 0.1) is 0 Å². The maximum absolute atomic E-state index is 15.0. The van der Waals surface area contributed by atoms with Crippen LogP contribution in [0.2, 0.25) is 5.02 Å². The van der Waals surface area contributed by atoms with E-state index in [9.17, 15) is 14.0 Å². The van der Waals surface area contributed by atoms with Crippen LogP contribution in [0.5, 0.6) is 0 Å². The summed E-state index contributed by atoms with van der Waals surface area (Å²) < 4.78 is 15.0. The second kappa shape index (κ2) is 7.25. The molecule has 2 aliphatic heterocycles. The van der Waals surface area contributed by atoms with E-state index in [0.717, 1.165) is 22.2 Å². The number of fused-ring (bicyclic) bond motifs is 3. The topological polar surface area (TPSA) is 77.6 Å². The van der Waals surface area contributed by atoms with Crippen molar-refractivity contribution in [2.45, 2.75) is 25.3 Å². The molecule has 5 rings (SSSR count). The van der Waals surface area contributed by atoms with Crippen molar-refractivity contribution < 1.29 is 14.0 Å². The SMILES string of the molecule is O=C1CCC(C(=O)N2CCc3c([nH]c4ccccc34)C2c2c(F)cccc2Cl)=NN1. The molecule has 3 heterocycles. The Morgan fingerprint density at radius 2 is 1.97 bits per heavy atom. The highest BCUT2D eigenvalue weighted by Crippen LogP contribution is 2.41. The molecule has 0 saturated carbocycles. The van der Waals surface area contributed by atoms with Gasteiger partial charge in [0.15, 0.2) is 0 Å². The van der Waals surface area contributed by atoms with E-state index in [-0.39, 0.29) is 41.0 Å². The van der Waals surface area contributed by atoms with Crippen LogP contribution < -0.4 is 5.43 Å². The number of nitrogens with zero attached hydrogens (tertiary/aromatic N) is 2. The Morgan fingerprint density at radius 3 is 2.73 bits per heavy atom. The molecule has 0 saturated heterocycles. The number of halogens is 2. The monoisotopic (exact) mass is 424 g/mol. The van der Waals surface area contributed by atoms with Gasteiger partial charge in [-0.05, 0) is 30.2 Å². The zero-order valence-electron chi connectivity index (χ0n) is 15.9. The first-order valence-electron chi connectivity index (χ1n) is 9.74. The molecule has 3 aromatic rings. The van der Waals surface area contributed by atoms with E-state index in [1.54, 1.807) is 17.0 Å². The van der Waals surface area contributed by atoms with Crippen molar-refractivity contribution in [3.8, 4) is 0 Å². The fourth-order valence-electron chi connectivity index (χ4n) is 4.33. The molecule has 2 aliphatic rings. The number of carbonyl (C=O) groups excluding carboxylic acids is 2. The number of aromatic amines is 1. The number of nitrogens with one attached hydrogen (secondary N) is 2. The maximum atomic E-state index is 15.0. The quantitative estimate of drug-likeness (QED) is 0.658. The third kappa shape index (κ3) is 2.97. The summed E-state index contributed by atoms with van der Waals surface area (Å²) in [5.74, 6) is -1.03. The lowest BCUT2D eigenvalue weighted by molar-refractivity contribution is -0.126. The van der Waals surface area contributed by atoms with Gasteiger partial charge in [0.1, 0.15) is 17.6 Å². The maximum Gasteiger partial charge on any atom is 0.270 e. The van der Waals surface area contributed by atoms with E-state index in [0.29, 0.717) is 13.0 Å². The first-order valence-corrected chi connectivity index (χ1v) is 10.1. The van der Waals surface area contributed by atoms with Gasteiger partial charge in [0.25, 0.3) is 5.91 Å². The number of amides is 2. The van der Waals surface area contributed by atoms with Crippen LogP contribution in [-0.4, -0.2) is 34.0 Å². The molecule has 152 valence electrons. The fraction of sp³-hybridized carbons (Fsp3) is 0.227. The molecule has 2 aromatic carbocycles. The van der Waals surface area contributed by atoms with E-state index < -0.39 is 11.9 Å². The molecule has 30 heavy (non-hydrogen) atoms. The minimum absolute atomic E-state index is 0.196. The summed E-state index contributed by atoms with van der Waals surface area (Å²) in [5.41, 5.74) is 5.60. The highest BCUT2D eigenvalue weighted by Gasteiger charge is 2.38. The summed E-state index contributed by atoms with van der Waals surface area (Å²) in [5, 5.41) is 5.25. The lowest BCUT2D eigenvalue weighted by atomic mass is 9.91. The third-order valence-corrected chi connectivity index (χ3v) is 6.05. The van der Waals surface area contributed by atoms with Gasteiger partial charge in [-0.25, -0.2) is 9.82 Å². The van der Waals surface area contributed by atoms with Gasteiger partial charge in [-0.3, -0.25) is 9.59 Å². The summed E-state index contributed by atoms with van der Waals surface area (Å²) in [4.78, 5) is 29.8. The Hall–Kier alpha value is -3.19. The average molecular weight is 425 g/mol. The molecular formula is C22H18ClFN4O2. The first kappa shape index (κ1) is 18.8. The zero-order chi connectivity index (χ0) is 20.8. The van der Waals surface area contributed by atoms with Crippen LogP contribution in [0, 0.1) is 5.82 Å². The van der Waals surface area contributed by atoms with Gasteiger partial charge in [0, 0.05) is 46.6 Å². The normalized spacial score (nSPS) is 18.7. The van der Waals surface area contributed by atoms with E-state index in [1.165, 1.54) is 6.07 Å². The van der Waals surface area contributed by atoms with Crippen LogP contribution in [-0.2, 0) is 16.0 Å². The standard InChI is InChI=1S/C22H18ClFN4O2/c23-14-5-3-6-15(24)19(14)21-20-13(12-4-1-2-7-16(12)25-20)10-11-28(21)22(30)17-8-9-18(29)27-26-17/h1-7,21,25H,8-11H2,(H,27,29). The van der Waals surface area contributed by atoms with E-state index in [4.69, 9.17) is 11.6 Å². The average Bonchev–Trinajstić information content (AvgIpc) is 3.13. The van der Waals surface area contributed by atoms with E-state index in [1.807, 2.05) is 24.3 Å². The van der Waals surface area contributed by atoms with E-state index in [2.05, 4.69) is 15.5 Å². The van der Waals surface area contributed by atoms with Crippen molar-refractivity contribution >= 4 is 40.0 Å². The van der Waals surface area contributed by atoms with Crippen molar-refractivity contribution in [3.05, 3.63) is 70.1 Å². The Bertz CT molecular complexity index is 1200. The van der Waals surface area contributed by atoms with Crippen molar-refractivity contribution in [3.63, 3.8) is 0 Å². The molecule has 0 bridgehead atoms. The molecule has 0 aliphatic carbocycles. The molecule has 8 heteroatoms. The second-order valence-electron chi connectivity index (χ2n) is 7.44. The highest BCUT2D eigenvalue weighted by atomic mass is 35.5. The zero-order valence-corrected chi connectivity index (χ0v) is 16.7. The number of rotatable bonds is 2. The summed E-state index contributed by atoms with van der Waals surface area (Å²) in [6.45, 7) is 0.385. The van der Waals surface area contributed by atoms with Gasteiger partial charge in [0.2, 0.25) is 5.91 Å². The second-order valence-corrected chi connectivity index (χ2v) is 7.85. The molecule has 2 amide bonds. The number of benzene rings is 2. The number of H-pyrrole nitrogens is 1. The summed E-state index contributed by atoms with van der Waals surface area (Å²) >= 11 is 6.42. The van der Waals surface area contributed by atoms with E-state index >= 15 is 0 Å². The highest BCUT2D eigenvalue weighted by molar-refractivity contribution is 6.39. The van der Waals surface area contributed by atoms with Crippen LogP contribution in [0.3, 0.4) is 0 Å². The van der Waals surface area contributed by atoms with Gasteiger partial charge in [-0.15, -0.1) is 0 Å². The number of hydrazone groups is 1. The molecule has 6 nitrogen and oxygen atoms in total. The Morgan fingerprint density at radius 1 is 1.13 bits per heavy atom. The Balaban J connectivity index is 1.68. The van der Waals surface area contributed by atoms with Gasteiger partial charge < -0.3 is 9.88 Å². The molecule has 0 radical (unpaired) electrons. The molecule has 2 N–H and O–H groups in total. The predicted molar refractivity (Wildman–Crippen MR) is 112 cm³/mol. The lowest BCUT2D eigenvalue weighted by Crippen LogP contribution is -2.46. The fourth-order valence-corrected chi connectivity index (χ4v) is 4.59. The number of aromatic nitrogens is 1. The van der Waals surface area contributed by atoms with Crippen molar-refractivity contribution in [1.82, 2.24) is 15.3 Å². The lowest BCUT2D eigenvalue weighted by Gasteiger charge is -2.37. The molecular weight excluding hydrogens is 407 g/mol. The van der Waals surface area contributed by atoms with Crippen molar-refractivity contribution in [2.75, 3.05) is 6.54 Å². The van der Waals surface area contributed by atoms with Crippen LogP contribution in [0.4, 0.5) is 4.39 Å². The molecule has 1 unspecified atom stereocenters. The summed E-state index contributed by atoms with van der Waals surface area (Å²) in [7, 11) is 0. The van der Waals surface area contributed by atoms with Crippen LogP contribution in [0.25, 0.3) is 10.9 Å². The number of para-hydroxylation sites is 1. The molecule has 1 atom stereocenters. The largest absolute Gasteiger partial charge is 0.356 e. The minimum atomic E-state index is -0.720.